The van der Waals surface area contributed by atoms with E-state index in [2.05, 4.69) is 21.9 Å². The summed E-state index contributed by atoms with van der Waals surface area (Å²) < 4.78 is 8.65. The van der Waals surface area contributed by atoms with Crippen LogP contribution in [0.4, 0.5) is 0 Å². The summed E-state index contributed by atoms with van der Waals surface area (Å²) in [4.78, 5) is 0. The zero-order chi connectivity index (χ0) is 12.1. The minimum Gasteiger partial charge on any atom is -0.172 e. The Kier molecular flexibility index (Phi) is 3.62. The summed E-state index contributed by atoms with van der Waals surface area (Å²) in [6.45, 7) is 7.32. The monoisotopic (exact) mass is 240 g/mol. The molecule has 0 radical (unpaired) electrons. The van der Waals surface area contributed by atoms with Gasteiger partial charge in [0.1, 0.15) is 11.0 Å². The molecule has 0 saturated carbocycles. The summed E-state index contributed by atoms with van der Waals surface area (Å²) in [5, 5.41) is 0. The Morgan fingerprint density at radius 3 is 1.76 bits per heavy atom. The minimum absolute atomic E-state index is 0.930. The van der Waals surface area contributed by atoms with Crippen molar-refractivity contribution < 1.29 is 0 Å². The first kappa shape index (κ1) is 11.5. The van der Waals surface area contributed by atoms with E-state index in [1.807, 2.05) is 36.4 Å². The van der Waals surface area contributed by atoms with Gasteiger partial charge in [-0.25, -0.2) is 0 Å². The van der Waals surface area contributed by atoms with Crippen LogP contribution in [0.3, 0.4) is 0 Å². The Morgan fingerprint density at radius 1 is 0.882 bits per heavy atom. The second kappa shape index (κ2) is 5.37. The van der Waals surface area contributed by atoms with Crippen LogP contribution in [0, 0.1) is 0 Å². The van der Waals surface area contributed by atoms with Crippen molar-refractivity contribution in [2.45, 2.75) is 0 Å². The van der Waals surface area contributed by atoms with Crippen molar-refractivity contribution >= 4 is 34.9 Å². The lowest BCUT2D eigenvalue weighted by molar-refractivity contribution is 1.59. The maximum absolute atomic E-state index is 4.33. The van der Waals surface area contributed by atoms with Crippen LogP contribution in [-0.4, -0.2) is 8.75 Å². The molecule has 0 aliphatic heterocycles. The Hall–Kier alpha value is -2.00. The highest BCUT2D eigenvalue weighted by atomic mass is 32.1. The predicted molar refractivity (Wildman–Crippen MR) is 75.9 cm³/mol. The van der Waals surface area contributed by atoms with Crippen molar-refractivity contribution in [3.05, 3.63) is 60.7 Å². The zero-order valence-corrected chi connectivity index (χ0v) is 10.2. The molecule has 2 aromatic rings. The fourth-order valence-electron chi connectivity index (χ4n) is 1.52. The first-order valence-electron chi connectivity index (χ1n) is 5.20. The zero-order valence-electron chi connectivity index (χ0n) is 9.34. The fraction of sp³-hybridized carbons (Fsp3) is 0. The van der Waals surface area contributed by atoms with Gasteiger partial charge in [0.2, 0.25) is 0 Å². The van der Waals surface area contributed by atoms with E-state index in [0.29, 0.717) is 0 Å². The fourth-order valence-corrected chi connectivity index (χ4v) is 2.11. The smallest absolute Gasteiger partial charge is 0.112 e. The SMILES string of the molecule is C=CC=Cc1ccc(C=CC=C)c2nsnc12. The molecule has 0 bridgehead atoms. The van der Waals surface area contributed by atoms with Gasteiger partial charge in [-0.05, 0) is 0 Å². The minimum atomic E-state index is 0.930. The average Bonchev–Trinajstić information content (AvgIpc) is 2.83. The Morgan fingerprint density at radius 2 is 1.35 bits per heavy atom. The highest BCUT2D eigenvalue weighted by Crippen LogP contribution is 2.23. The number of aromatic nitrogens is 2. The second-order valence-corrected chi connectivity index (χ2v) is 3.92. The maximum Gasteiger partial charge on any atom is 0.112 e. The highest BCUT2D eigenvalue weighted by Gasteiger charge is 2.06. The lowest BCUT2D eigenvalue weighted by Gasteiger charge is -1.98. The van der Waals surface area contributed by atoms with E-state index in [1.165, 1.54) is 11.7 Å². The molecule has 0 atom stereocenters. The third kappa shape index (κ3) is 2.40. The van der Waals surface area contributed by atoms with Crippen molar-refractivity contribution in [2.24, 2.45) is 0 Å². The molecule has 1 aromatic carbocycles. The molecule has 0 saturated heterocycles. The number of hydrogen-bond donors (Lipinski definition) is 0. The third-order valence-electron chi connectivity index (χ3n) is 2.30. The standard InChI is InChI=1S/C14H12N2S/c1-3-5-7-11-9-10-12(8-6-4-2)14-13(11)15-17-16-14/h3-10H,1-2H2. The van der Waals surface area contributed by atoms with Crippen molar-refractivity contribution in [1.82, 2.24) is 8.75 Å². The number of allylic oxidation sites excluding steroid dienone is 4. The summed E-state index contributed by atoms with van der Waals surface area (Å²) in [5.74, 6) is 0. The lowest BCUT2D eigenvalue weighted by atomic mass is 10.1. The van der Waals surface area contributed by atoms with Gasteiger partial charge in [-0.15, -0.1) is 0 Å². The van der Waals surface area contributed by atoms with Crippen LogP contribution in [0.2, 0.25) is 0 Å². The quantitative estimate of drug-likeness (QED) is 0.752. The van der Waals surface area contributed by atoms with E-state index < -0.39 is 0 Å². The molecule has 1 aromatic heterocycles. The average molecular weight is 240 g/mol. The Balaban J connectivity index is 2.57. The predicted octanol–water partition coefficient (Wildman–Crippen LogP) is 4.09. The number of rotatable bonds is 4. The molecule has 2 rings (SSSR count). The number of hydrogen-bond acceptors (Lipinski definition) is 3. The third-order valence-corrected chi connectivity index (χ3v) is 2.83. The van der Waals surface area contributed by atoms with Gasteiger partial charge in [-0.1, -0.05) is 61.7 Å². The molecule has 0 aliphatic carbocycles. The van der Waals surface area contributed by atoms with Gasteiger partial charge in [0.05, 0.1) is 11.7 Å². The summed E-state index contributed by atoms with van der Waals surface area (Å²) >= 11 is 1.23. The summed E-state index contributed by atoms with van der Waals surface area (Å²) in [7, 11) is 0. The first-order valence-corrected chi connectivity index (χ1v) is 5.93. The van der Waals surface area contributed by atoms with E-state index in [1.54, 1.807) is 12.2 Å². The maximum atomic E-state index is 4.33. The van der Waals surface area contributed by atoms with Crippen LogP contribution in [-0.2, 0) is 0 Å². The molecule has 84 valence electrons. The molecule has 1 heterocycles. The summed E-state index contributed by atoms with van der Waals surface area (Å²) in [6.07, 6.45) is 11.3. The van der Waals surface area contributed by atoms with E-state index >= 15 is 0 Å². The normalized spacial score (nSPS) is 11.5. The van der Waals surface area contributed by atoms with Gasteiger partial charge in [-0.2, -0.15) is 8.75 Å². The van der Waals surface area contributed by atoms with E-state index in [4.69, 9.17) is 0 Å². The molecule has 17 heavy (non-hydrogen) atoms. The topological polar surface area (TPSA) is 25.8 Å². The van der Waals surface area contributed by atoms with Gasteiger partial charge >= 0.3 is 0 Å². The molecular formula is C14H12N2S. The summed E-state index contributed by atoms with van der Waals surface area (Å²) in [6, 6.07) is 4.07. The van der Waals surface area contributed by atoms with Crippen LogP contribution < -0.4 is 0 Å². The summed E-state index contributed by atoms with van der Waals surface area (Å²) in [5.41, 5.74) is 3.98. The van der Waals surface area contributed by atoms with Crippen LogP contribution in [0.1, 0.15) is 11.1 Å². The number of benzene rings is 1. The van der Waals surface area contributed by atoms with Gasteiger partial charge in [0.15, 0.2) is 0 Å². The second-order valence-electron chi connectivity index (χ2n) is 3.40. The van der Waals surface area contributed by atoms with Gasteiger partial charge in [0, 0.05) is 11.1 Å². The molecular weight excluding hydrogens is 228 g/mol. The van der Waals surface area contributed by atoms with Crippen LogP contribution in [0.5, 0.6) is 0 Å². The van der Waals surface area contributed by atoms with E-state index in [-0.39, 0.29) is 0 Å². The van der Waals surface area contributed by atoms with Crippen LogP contribution >= 0.6 is 11.7 Å². The highest BCUT2D eigenvalue weighted by molar-refractivity contribution is 7.00. The van der Waals surface area contributed by atoms with Crippen molar-refractivity contribution in [3.8, 4) is 0 Å². The van der Waals surface area contributed by atoms with Crippen molar-refractivity contribution in [3.63, 3.8) is 0 Å². The first-order chi connectivity index (χ1) is 8.36. The van der Waals surface area contributed by atoms with Gasteiger partial charge in [0.25, 0.3) is 0 Å². The number of nitrogens with zero attached hydrogens (tertiary/aromatic N) is 2. The molecule has 0 unspecified atom stereocenters. The molecule has 0 amide bonds. The Bertz CT molecular complexity index is 554. The Labute approximate surface area is 105 Å². The van der Waals surface area contributed by atoms with Crippen molar-refractivity contribution in [2.75, 3.05) is 0 Å². The molecule has 2 nitrogen and oxygen atoms in total. The molecule has 0 aliphatic rings. The lowest BCUT2D eigenvalue weighted by Crippen LogP contribution is -1.81. The largest absolute Gasteiger partial charge is 0.172 e. The molecule has 3 heteroatoms. The molecule has 0 N–H and O–H groups in total. The molecule has 0 fully saturated rings. The molecule has 0 spiro atoms. The van der Waals surface area contributed by atoms with Crippen LogP contribution in [0.25, 0.3) is 23.2 Å². The van der Waals surface area contributed by atoms with E-state index in [9.17, 15) is 0 Å². The van der Waals surface area contributed by atoms with E-state index in [0.717, 1.165) is 22.2 Å². The number of fused-ring (bicyclic) bond motifs is 1. The van der Waals surface area contributed by atoms with Gasteiger partial charge < -0.3 is 0 Å². The van der Waals surface area contributed by atoms with Crippen LogP contribution in [0.15, 0.2) is 49.6 Å². The van der Waals surface area contributed by atoms with Crippen molar-refractivity contribution in [1.29, 1.82) is 0 Å². The van der Waals surface area contributed by atoms with Gasteiger partial charge in [-0.3, -0.25) is 0 Å².